The van der Waals surface area contributed by atoms with Gasteiger partial charge in [-0.3, -0.25) is 9.69 Å². The summed E-state index contributed by atoms with van der Waals surface area (Å²) in [6.45, 7) is 0. The summed E-state index contributed by atoms with van der Waals surface area (Å²) in [4.78, 5) is 26.1. The number of nitrogens with one attached hydrogen (secondary N) is 1. The second-order valence-corrected chi connectivity index (χ2v) is 7.52. The van der Waals surface area contributed by atoms with Crippen molar-refractivity contribution in [1.82, 2.24) is 0 Å². The van der Waals surface area contributed by atoms with Crippen molar-refractivity contribution in [3.8, 4) is 11.3 Å². The van der Waals surface area contributed by atoms with Gasteiger partial charge in [-0.05, 0) is 36.4 Å². The number of fused-ring (bicyclic) bond motifs is 3. The molecule has 2 aliphatic heterocycles. The molecule has 2 aliphatic rings. The SMILES string of the molecule is O=C(O)c1ccc(-c2ccc(/C=C3\SC4Nc5ccccc5N4C3=O)o2)cc1. The van der Waals surface area contributed by atoms with Crippen LogP contribution in [0.5, 0.6) is 0 Å². The van der Waals surface area contributed by atoms with Crippen LogP contribution in [0.4, 0.5) is 11.4 Å². The third-order valence-corrected chi connectivity index (χ3v) is 5.76. The van der Waals surface area contributed by atoms with Gasteiger partial charge < -0.3 is 14.8 Å². The van der Waals surface area contributed by atoms with E-state index in [4.69, 9.17) is 9.52 Å². The van der Waals surface area contributed by atoms with Crippen molar-refractivity contribution >= 4 is 41.1 Å². The number of amides is 1. The van der Waals surface area contributed by atoms with Crippen molar-refractivity contribution in [3.05, 3.63) is 76.9 Å². The third-order valence-electron chi connectivity index (χ3n) is 4.66. The lowest BCUT2D eigenvalue weighted by atomic mass is 10.1. The van der Waals surface area contributed by atoms with Crippen molar-refractivity contribution in [1.29, 1.82) is 0 Å². The molecule has 2 N–H and O–H groups in total. The summed E-state index contributed by atoms with van der Waals surface area (Å²) in [7, 11) is 0. The molecule has 1 amide bonds. The predicted octanol–water partition coefficient (Wildman–Crippen LogP) is 4.47. The summed E-state index contributed by atoms with van der Waals surface area (Å²) in [5.41, 5.74) is 2.69. The maximum Gasteiger partial charge on any atom is 0.335 e. The molecule has 0 spiro atoms. The summed E-state index contributed by atoms with van der Waals surface area (Å²) in [5, 5.41) is 12.3. The topological polar surface area (TPSA) is 82.8 Å². The van der Waals surface area contributed by atoms with Crippen LogP contribution in [0.1, 0.15) is 16.1 Å². The van der Waals surface area contributed by atoms with Crippen LogP contribution in [0.15, 0.2) is 70.0 Å². The van der Waals surface area contributed by atoms with Crippen LogP contribution < -0.4 is 10.2 Å². The molecule has 0 bridgehead atoms. The van der Waals surface area contributed by atoms with Gasteiger partial charge in [0.2, 0.25) is 0 Å². The fourth-order valence-electron chi connectivity index (χ4n) is 3.30. The maximum atomic E-state index is 12.8. The molecule has 1 saturated heterocycles. The van der Waals surface area contributed by atoms with Gasteiger partial charge in [0.1, 0.15) is 11.5 Å². The van der Waals surface area contributed by atoms with E-state index in [-0.39, 0.29) is 17.0 Å². The number of carboxylic acids is 1. The fraction of sp³-hybridized carbons (Fsp3) is 0.0476. The molecular formula is C21H14N2O4S. The van der Waals surface area contributed by atoms with Gasteiger partial charge in [-0.2, -0.15) is 0 Å². The molecule has 0 saturated carbocycles. The van der Waals surface area contributed by atoms with E-state index in [0.717, 1.165) is 16.9 Å². The number of furan rings is 1. The average molecular weight is 390 g/mol. The van der Waals surface area contributed by atoms with Crippen LogP contribution in [0, 0.1) is 0 Å². The molecule has 6 nitrogen and oxygen atoms in total. The smallest absolute Gasteiger partial charge is 0.335 e. The minimum Gasteiger partial charge on any atom is -0.478 e. The molecule has 1 atom stereocenters. The van der Waals surface area contributed by atoms with Gasteiger partial charge in [0, 0.05) is 11.6 Å². The normalized spacial score (nSPS) is 18.9. The van der Waals surface area contributed by atoms with Gasteiger partial charge in [0.15, 0.2) is 5.50 Å². The summed E-state index contributed by atoms with van der Waals surface area (Å²) in [6, 6.07) is 17.8. The van der Waals surface area contributed by atoms with Crippen molar-refractivity contribution in [2.45, 2.75) is 5.50 Å². The molecule has 1 fully saturated rings. The van der Waals surface area contributed by atoms with Crippen molar-refractivity contribution in [3.63, 3.8) is 0 Å². The zero-order valence-electron chi connectivity index (χ0n) is 14.5. The van der Waals surface area contributed by atoms with E-state index in [0.29, 0.717) is 16.4 Å². The van der Waals surface area contributed by atoms with Crippen LogP contribution in [0.2, 0.25) is 0 Å². The lowest BCUT2D eigenvalue weighted by Crippen LogP contribution is -2.31. The number of para-hydroxylation sites is 2. The van der Waals surface area contributed by atoms with E-state index >= 15 is 0 Å². The highest BCUT2D eigenvalue weighted by Crippen LogP contribution is 2.47. The van der Waals surface area contributed by atoms with Crippen LogP contribution in [-0.2, 0) is 4.79 Å². The average Bonchev–Trinajstić information content (AvgIpc) is 3.38. The Balaban J connectivity index is 1.40. The molecule has 5 rings (SSSR count). The van der Waals surface area contributed by atoms with Crippen LogP contribution in [0.25, 0.3) is 17.4 Å². The van der Waals surface area contributed by atoms with E-state index in [1.807, 2.05) is 24.3 Å². The Hall–Kier alpha value is -3.45. The molecule has 0 radical (unpaired) electrons. The van der Waals surface area contributed by atoms with Crippen molar-refractivity contribution < 1.29 is 19.1 Å². The lowest BCUT2D eigenvalue weighted by Gasteiger charge is -2.12. The minimum absolute atomic E-state index is 0.0591. The summed E-state index contributed by atoms with van der Waals surface area (Å²) in [5.74, 6) is 0.158. The molecule has 138 valence electrons. The molecule has 2 aromatic carbocycles. The third kappa shape index (κ3) is 2.68. The van der Waals surface area contributed by atoms with Crippen LogP contribution in [0.3, 0.4) is 0 Å². The van der Waals surface area contributed by atoms with Crippen LogP contribution in [-0.4, -0.2) is 22.5 Å². The van der Waals surface area contributed by atoms with E-state index in [1.54, 1.807) is 35.2 Å². The molecule has 28 heavy (non-hydrogen) atoms. The molecule has 0 aliphatic carbocycles. The highest BCUT2D eigenvalue weighted by Gasteiger charge is 2.42. The monoisotopic (exact) mass is 390 g/mol. The number of hydrogen-bond donors (Lipinski definition) is 2. The summed E-state index contributed by atoms with van der Waals surface area (Å²) < 4.78 is 5.84. The van der Waals surface area contributed by atoms with Crippen LogP contribution >= 0.6 is 11.8 Å². The molecule has 1 unspecified atom stereocenters. The zero-order chi connectivity index (χ0) is 19.3. The van der Waals surface area contributed by atoms with Gasteiger partial charge in [-0.1, -0.05) is 36.0 Å². The Labute approximate surface area is 164 Å². The standard InChI is InChI=1S/C21H14N2O4S/c24-19-18(28-21-22-15-3-1-2-4-16(15)23(19)21)11-14-9-10-17(27-14)12-5-7-13(8-6-12)20(25)26/h1-11,21-22H,(H,25,26)/b18-11-. The molecule has 3 aromatic rings. The molecule has 7 heteroatoms. The number of anilines is 2. The van der Waals surface area contributed by atoms with E-state index < -0.39 is 5.97 Å². The highest BCUT2D eigenvalue weighted by molar-refractivity contribution is 8.05. The lowest BCUT2D eigenvalue weighted by molar-refractivity contribution is -0.114. The second kappa shape index (κ2) is 6.31. The molecule has 1 aromatic heterocycles. The first-order valence-corrected chi connectivity index (χ1v) is 9.49. The van der Waals surface area contributed by atoms with Crippen molar-refractivity contribution in [2.24, 2.45) is 0 Å². The number of aromatic carboxylic acids is 1. The Morgan fingerprint density at radius 1 is 1.11 bits per heavy atom. The molecular weight excluding hydrogens is 376 g/mol. The Morgan fingerprint density at radius 3 is 2.68 bits per heavy atom. The number of rotatable bonds is 3. The van der Waals surface area contributed by atoms with E-state index in [2.05, 4.69) is 5.32 Å². The number of benzene rings is 2. The Morgan fingerprint density at radius 2 is 1.89 bits per heavy atom. The molecule has 3 heterocycles. The number of nitrogens with zero attached hydrogens (tertiary/aromatic N) is 1. The Bertz CT molecular complexity index is 1130. The number of thioether (sulfide) groups is 1. The first-order valence-electron chi connectivity index (χ1n) is 8.61. The maximum absolute atomic E-state index is 12.8. The number of carbonyl (C=O) groups excluding carboxylic acids is 1. The zero-order valence-corrected chi connectivity index (χ0v) is 15.3. The number of hydrogen-bond acceptors (Lipinski definition) is 5. The van der Waals surface area contributed by atoms with E-state index in [1.165, 1.54) is 23.9 Å². The first-order chi connectivity index (χ1) is 13.6. The summed E-state index contributed by atoms with van der Waals surface area (Å²) >= 11 is 1.45. The number of carboxylic acid groups (broad SMARTS) is 1. The van der Waals surface area contributed by atoms with Gasteiger partial charge >= 0.3 is 5.97 Å². The van der Waals surface area contributed by atoms with Gasteiger partial charge in [0.25, 0.3) is 5.91 Å². The fourth-order valence-corrected chi connectivity index (χ4v) is 4.43. The van der Waals surface area contributed by atoms with E-state index in [9.17, 15) is 9.59 Å². The first kappa shape index (κ1) is 16.7. The summed E-state index contributed by atoms with van der Waals surface area (Å²) in [6.07, 6.45) is 1.74. The minimum atomic E-state index is -0.969. The largest absolute Gasteiger partial charge is 0.478 e. The van der Waals surface area contributed by atoms with Crippen molar-refractivity contribution in [2.75, 3.05) is 10.2 Å². The second-order valence-electron chi connectivity index (χ2n) is 6.40. The Kier molecular flexibility index (Phi) is 3.77. The van der Waals surface area contributed by atoms with Gasteiger partial charge in [0.05, 0.1) is 21.8 Å². The predicted molar refractivity (Wildman–Crippen MR) is 108 cm³/mol. The number of carbonyl (C=O) groups is 2. The highest BCUT2D eigenvalue weighted by atomic mass is 32.2. The van der Waals surface area contributed by atoms with Gasteiger partial charge in [-0.25, -0.2) is 4.79 Å². The van der Waals surface area contributed by atoms with Gasteiger partial charge in [-0.15, -0.1) is 0 Å². The quantitative estimate of drug-likeness (QED) is 0.642.